The fraction of sp³-hybridized carbons (Fsp3) is 0.286. The number of rotatable bonds is 5. The third-order valence-electron chi connectivity index (χ3n) is 3.82. The van der Waals surface area contributed by atoms with Gasteiger partial charge in [0, 0.05) is 6.08 Å². The number of ether oxygens (including phenoxy) is 2. The highest BCUT2D eigenvalue weighted by Gasteiger charge is 2.12. The Bertz CT molecular complexity index is 752. The largest absolute Gasteiger partial charge is 0.504 e. The van der Waals surface area contributed by atoms with Crippen LogP contribution >= 0.6 is 0 Å². The summed E-state index contributed by atoms with van der Waals surface area (Å²) in [7, 11) is 1.47. The SMILES string of the molecule is COc1cc(C=CC(=O)OCc2ccc(C(C)(C)C)cc2)ccc1O. The lowest BCUT2D eigenvalue weighted by molar-refractivity contribution is -0.138. The molecule has 0 aromatic heterocycles. The van der Waals surface area contributed by atoms with Crippen molar-refractivity contribution in [2.24, 2.45) is 0 Å². The first-order valence-electron chi connectivity index (χ1n) is 8.11. The van der Waals surface area contributed by atoms with Gasteiger partial charge in [-0.3, -0.25) is 0 Å². The fourth-order valence-electron chi connectivity index (χ4n) is 2.27. The molecular weight excluding hydrogens is 316 g/mol. The molecule has 0 bridgehead atoms. The lowest BCUT2D eigenvalue weighted by atomic mass is 9.87. The second kappa shape index (κ2) is 7.88. The second-order valence-electron chi connectivity index (χ2n) is 6.82. The van der Waals surface area contributed by atoms with E-state index in [1.54, 1.807) is 18.2 Å². The monoisotopic (exact) mass is 340 g/mol. The highest BCUT2D eigenvalue weighted by Crippen LogP contribution is 2.26. The van der Waals surface area contributed by atoms with E-state index in [0.29, 0.717) is 5.75 Å². The topological polar surface area (TPSA) is 55.8 Å². The fourth-order valence-corrected chi connectivity index (χ4v) is 2.27. The van der Waals surface area contributed by atoms with Gasteiger partial charge >= 0.3 is 5.97 Å². The average Bonchev–Trinajstić information content (AvgIpc) is 2.58. The normalized spacial score (nSPS) is 11.5. The van der Waals surface area contributed by atoms with Crippen molar-refractivity contribution in [2.75, 3.05) is 7.11 Å². The second-order valence-corrected chi connectivity index (χ2v) is 6.82. The minimum Gasteiger partial charge on any atom is -0.504 e. The number of methoxy groups -OCH3 is 1. The summed E-state index contributed by atoms with van der Waals surface area (Å²) in [5.41, 5.74) is 3.02. The van der Waals surface area contributed by atoms with E-state index < -0.39 is 5.97 Å². The molecule has 4 nitrogen and oxygen atoms in total. The van der Waals surface area contributed by atoms with Crippen LogP contribution in [0.15, 0.2) is 48.5 Å². The first-order chi connectivity index (χ1) is 11.8. The molecule has 0 unspecified atom stereocenters. The van der Waals surface area contributed by atoms with E-state index in [1.807, 2.05) is 12.1 Å². The Hall–Kier alpha value is -2.75. The molecule has 0 aliphatic heterocycles. The zero-order valence-corrected chi connectivity index (χ0v) is 15.1. The zero-order valence-electron chi connectivity index (χ0n) is 15.1. The van der Waals surface area contributed by atoms with Crippen molar-refractivity contribution in [3.05, 3.63) is 65.2 Å². The molecule has 0 fully saturated rings. The van der Waals surface area contributed by atoms with Crippen LogP contribution in [0, 0.1) is 0 Å². The summed E-state index contributed by atoms with van der Waals surface area (Å²) in [5, 5.41) is 9.55. The Labute approximate surface area is 148 Å². The van der Waals surface area contributed by atoms with Crippen molar-refractivity contribution < 1.29 is 19.4 Å². The Morgan fingerprint density at radius 3 is 2.40 bits per heavy atom. The molecule has 0 saturated heterocycles. The lowest BCUT2D eigenvalue weighted by Crippen LogP contribution is -2.10. The molecule has 25 heavy (non-hydrogen) atoms. The maximum atomic E-state index is 11.8. The number of phenols is 1. The van der Waals surface area contributed by atoms with Gasteiger partial charge in [0.15, 0.2) is 11.5 Å². The third kappa shape index (κ3) is 5.38. The van der Waals surface area contributed by atoms with E-state index in [0.717, 1.165) is 11.1 Å². The van der Waals surface area contributed by atoms with Crippen molar-refractivity contribution in [2.45, 2.75) is 32.8 Å². The molecular formula is C21H24O4. The van der Waals surface area contributed by atoms with Crippen LogP contribution < -0.4 is 4.74 Å². The summed E-state index contributed by atoms with van der Waals surface area (Å²) in [6.07, 6.45) is 2.97. The minimum absolute atomic E-state index is 0.0564. The van der Waals surface area contributed by atoms with Crippen molar-refractivity contribution in [1.82, 2.24) is 0 Å². The Kier molecular flexibility index (Phi) is 5.86. The first-order valence-corrected chi connectivity index (χ1v) is 8.11. The highest BCUT2D eigenvalue weighted by molar-refractivity contribution is 5.87. The van der Waals surface area contributed by atoms with Gasteiger partial charge < -0.3 is 14.6 Å². The predicted molar refractivity (Wildman–Crippen MR) is 98.6 cm³/mol. The molecule has 132 valence electrons. The van der Waals surface area contributed by atoms with Gasteiger partial charge in [-0.2, -0.15) is 0 Å². The van der Waals surface area contributed by atoms with Gasteiger partial charge in [0.25, 0.3) is 0 Å². The smallest absolute Gasteiger partial charge is 0.331 e. The summed E-state index contributed by atoms with van der Waals surface area (Å²) in [6.45, 7) is 6.70. The first kappa shape index (κ1) is 18.6. The van der Waals surface area contributed by atoms with Crippen LogP contribution in [0.3, 0.4) is 0 Å². The van der Waals surface area contributed by atoms with E-state index in [1.165, 1.54) is 24.8 Å². The number of carbonyl (C=O) groups is 1. The molecule has 0 heterocycles. The number of benzene rings is 2. The summed E-state index contributed by atoms with van der Waals surface area (Å²) in [5.74, 6) is -0.0117. The molecule has 4 heteroatoms. The summed E-state index contributed by atoms with van der Waals surface area (Å²) in [6, 6.07) is 12.9. The molecule has 0 aliphatic carbocycles. The van der Waals surface area contributed by atoms with Crippen LogP contribution in [0.4, 0.5) is 0 Å². The number of aromatic hydroxyl groups is 1. The summed E-state index contributed by atoms with van der Waals surface area (Å²) in [4.78, 5) is 11.8. The van der Waals surface area contributed by atoms with Crippen LogP contribution in [0.2, 0.25) is 0 Å². The van der Waals surface area contributed by atoms with Gasteiger partial charge in [-0.25, -0.2) is 4.79 Å². The van der Waals surface area contributed by atoms with Crippen LogP contribution in [-0.4, -0.2) is 18.2 Å². The lowest BCUT2D eigenvalue weighted by Gasteiger charge is -2.19. The van der Waals surface area contributed by atoms with Crippen LogP contribution in [0.25, 0.3) is 6.08 Å². The van der Waals surface area contributed by atoms with Gasteiger partial charge in [0.2, 0.25) is 0 Å². The quantitative estimate of drug-likeness (QED) is 0.645. The number of phenolic OH excluding ortho intramolecular Hbond substituents is 1. The van der Waals surface area contributed by atoms with Crippen molar-refractivity contribution in [3.8, 4) is 11.5 Å². The van der Waals surface area contributed by atoms with E-state index >= 15 is 0 Å². The van der Waals surface area contributed by atoms with Crippen molar-refractivity contribution >= 4 is 12.0 Å². The van der Waals surface area contributed by atoms with Gasteiger partial charge in [-0.15, -0.1) is 0 Å². The Morgan fingerprint density at radius 1 is 1.12 bits per heavy atom. The average molecular weight is 340 g/mol. The standard InChI is InChI=1S/C21H24O4/c1-21(2,3)17-9-5-16(6-10-17)14-25-20(23)12-8-15-7-11-18(22)19(13-15)24-4/h5-13,22H,14H2,1-4H3. The molecule has 0 radical (unpaired) electrons. The van der Waals surface area contributed by atoms with Crippen molar-refractivity contribution in [3.63, 3.8) is 0 Å². The third-order valence-corrected chi connectivity index (χ3v) is 3.82. The van der Waals surface area contributed by atoms with Gasteiger partial charge in [-0.05, 0) is 40.3 Å². The number of hydrogen-bond acceptors (Lipinski definition) is 4. The molecule has 0 amide bonds. The van der Waals surface area contributed by atoms with Crippen LogP contribution in [0.5, 0.6) is 11.5 Å². The minimum atomic E-state index is -0.424. The van der Waals surface area contributed by atoms with Crippen molar-refractivity contribution in [1.29, 1.82) is 0 Å². The number of carbonyl (C=O) groups excluding carboxylic acids is 1. The molecule has 0 saturated carbocycles. The maximum Gasteiger partial charge on any atom is 0.331 e. The summed E-state index contributed by atoms with van der Waals surface area (Å²) < 4.78 is 10.3. The van der Waals surface area contributed by atoms with E-state index in [-0.39, 0.29) is 17.8 Å². The van der Waals surface area contributed by atoms with Crippen LogP contribution in [0.1, 0.15) is 37.5 Å². The molecule has 2 aromatic rings. The molecule has 2 rings (SSSR count). The maximum absolute atomic E-state index is 11.8. The van der Waals surface area contributed by atoms with Gasteiger partial charge in [-0.1, -0.05) is 51.1 Å². The van der Waals surface area contributed by atoms with Gasteiger partial charge in [0.1, 0.15) is 6.61 Å². The number of hydrogen-bond donors (Lipinski definition) is 1. The number of esters is 1. The Balaban J connectivity index is 1.92. The molecule has 0 aliphatic rings. The molecule has 0 atom stereocenters. The Morgan fingerprint density at radius 2 is 1.80 bits per heavy atom. The van der Waals surface area contributed by atoms with E-state index in [2.05, 4.69) is 32.9 Å². The predicted octanol–water partition coefficient (Wildman–Crippen LogP) is 4.45. The van der Waals surface area contributed by atoms with E-state index in [4.69, 9.17) is 9.47 Å². The molecule has 1 N–H and O–H groups in total. The summed E-state index contributed by atoms with van der Waals surface area (Å²) >= 11 is 0. The van der Waals surface area contributed by atoms with Gasteiger partial charge in [0.05, 0.1) is 7.11 Å². The highest BCUT2D eigenvalue weighted by atomic mass is 16.5. The van der Waals surface area contributed by atoms with Crippen LogP contribution in [-0.2, 0) is 21.6 Å². The molecule has 0 spiro atoms. The zero-order chi connectivity index (χ0) is 18.4. The van der Waals surface area contributed by atoms with E-state index in [9.17, 15) is 9.90 Å². The molecule has 2 aromatic carbocycles.